The lowest BCUT2D eigenvalue weighted by Crippen LogP contribution is -2.28. The number of hydrogen-bond acceptors (Lipinski definition) is 3. The van der Waals surface area contributed by atoms with Crippen molar-refractivity contribution in [2.45, 2.75) is 5.92 Å². The Hall–Kier alpha value is -2.49. The van der Waals surface area contributed by atoms with Gasteiger partial charge in [-0.3, -0.25) is 4.79 Å². The number of fused-ring (bicyclic) bond motifs is 1. The zero-order valence-corrected chi connectivity index (χ0v) is 11.8. The Labute approximate surface area is 123 Å². The molecule has 0 spiro atoms. The number of para-hydroxylation sites is 1. The van der Waals surface area contributed by atoms with Gasteiger partial charge >= 0.3 is 0 Å². The van der Waals surface area contributed by atoms with E-state index in [1.807, 2.05) is 24.3 Å². The zero-order chi connectivity index (χ0) is 14.7. The molecule has 1 aliphatic rings. The molecule has 1 N–H and O–H groups in total. The van der Waals surface area contributed by atoms with Crippen molar-refractivity contribution in [2.24, 2.45) is 0 Å². The predicted molar refractivity (Wildman–Crippen MR) is 80.0 cm³/mol. The Morgan fingerprint density at radius 2 is 2.00 bits per heavy atom. The molecule has 0 aliphatic carbocycles. The lowest BCUT2D eigenvalue weighted by atomic mass is 10.0. The number of carbonyl (C=O) groups excluding carboxylic acids is 1. The quantitative estimate of drug-likeness (QED) is 0.938. The summed E-state index contributed by atoms with van der Waals surface area (Å²) in [5.74, 6) is 1.79. The van der Waals surface area contributed by atoms with Crippen LogP contribution in [0.4, 0.5) is 0 Å². The summed E-state index contributed by atoms with van der Waals surface area (Å²) in [6.45, 7) is 1.18. The van der Waals surface area contributed by atoms with Crippen LogP contribution in [0, 0.1) is 0 Å². The number of methoxy groups -OCH3 is 1. The number of benzene rings is 2. The van der Waals surface area contributed by atoms with Crippen LogP contribution in [-0.2, 0) is 0 Å². The van der Waals surface area contributed by atoms with Crippen LogP contribution in [0.2, 0.25) is 0 Å². The Kier molecular flexibility index (Phi) is 3.77. The van der Waals surface area contributed by atoms with E-state index in [-0.39, 0.29) is 11.8 Å². The first kappa shape index (κ1) is 13.5. The van der Waals surface area contributed by atoms with Crippen LogP contribution in [0.5, 0.6) is 11.5 Å². The largest absolute Gasteiger partial charge is 0.497 e. The van der Waals surface area contributed by atoms with Gasteiger partial charge in [-0.05, 0) is 30.3 Å². The minimum atomic E-state index is -0.0814. The monoisotopic (exact) mass is 283 g/mol. The summed E-state index contributed by atoms with van der Waals surface area (Å²) in [5, 5.41) is 2.96. The molecule has 1 atom stereocenters. The maximum atomic E-state index is 12.1. The third-order valence-corrected chi connectivity index (χ3v) is 3.66. The fourth-order valence-corrected chi connectivity index (χ4v) is 2.46. The molecule has 1 amide bonds. The molecule has 4 heteroatoms. The highest BCUT2D eigenvalue weighted by Gasteiger charge is 2.23. The molecule has 4 nitrogen and oxygen atoms in total. The Balaban J connectivity index is 1.61. The van der Waals surface area contributed by atoms with Crippen molar-refractivity contribution in [2.75, 3.05) is 20.3 Å². The molecular weight excluding hydrogens is 266 g/mol. The molecule has 0 aromatic heterocycles. The Morgan fingerprint density at radius 1 is 1.24 bits per heavy atom. The second-order valence-corrected chi connectivity index (χ2v) is 4.98. The number of ether oxygens (including phenoxy) is 2. The molecule has 2 aromatic carbocycles. The van der Waals surface area contributed by atoms with E-state index in [2.05, 4.69) is 5.32 Å². The molecule has 0 bridgehead atoms. The van der Waals surface area contributed by atoms with Gasteiger partial charge in [0.25, 0.3) is 5.91 Å². The fourth-order valence-electron chi connectivity index (χ4n) is 2.46. The third kappa shape index (κ3) is 2.84. The van der Waals surface area contributed by atoms with Crippen molar-refractivity contribution in [3.8, 4) is 11.5 Å². The van der Waals surface area contributed by atoms with E-state index >= 15 is 0 Å². The molecule has 108 valence electrons. The van der Waals surface area contributed by atoms with Crippen LogP contribution >= 0.6 is 0 Å². The lowest BCUT2D eigenvalue weighted by Gasteiger charge is -2.11. The minimum absolute atomic E-state index is 0.0814. The summed E-state index contributed by atoms with van der Waals surface area (Å²) < 4.78 is 10.7. The van der Waals surface area contributed by atoms with Gasteiger partial charge in [0.2, 0.25) is 0 Å². The topological polar surface area (TPSA) is 47.6 Å². The summed E-state index contributed by atoms with van der Waals surface area (Å²) in [4.78, 5) is 12.1. The molecule has 0 radical (unpaired) electrons. The van der Waals surface area contributed by atoms with Gasteiger partial charge in [0, 0.05) is 23.6 Å². The van der Waals surface area contributed by atoms with E-state index in [9.17, 15) is 4.79 Å². The fraction of sp³-hybridized carbons (Fsp3) is 0.235. The van der Waals surface area contributed by atoms with Crippen LogP contribution in [0.3, 0.4) is 0 Å². The van der Waals surface area contributed by atoms with E-state index < -0.39 is 0 Å². The van der Waals surface area contributed by atoms with Crippen LogP contribution in [-0.4, -0.2) is 26.2 Å². The second-order valence-electron chi connectivity index (χ2n) is 4.98. The molecule has 0 fully saturated rings. The molecule has 1 aliphatic heterocycles. The molecule has 3 rings (SSSR count). The zero-order valence-electron chi connectivity index (χ0n) is 11.8. The smallest absolute Gasteiger partial charge is 0.251 e. The average molecular weight is 283 g/mol. The Bertz CT molecular complexity index is 637. The van der Waals surface area contributed by atoms with Gasteiger partial charge in [-0.25, -0.2) is 0 Å². The van der Waals surface area contributed by atoms with E-state index in [1.165, 1.54) is 0 Å². The van der Waals surface area contributed by atoms with Crippen molar-refractivity contribution >= 4 is 5.91 Å². The SMILES string of the molecule is COc1ccc(C(=O)NCC2COc3ccccc32)cc1. The first-order chi connectivity index (χ1) is 10.3. The van der Waals surface area contributed by atoms with Crippen molar-refractivity contribution in [1.29, 1.82) is 0 Å². The first-order valence-corrected chi connectivity index (χ1v) is 6.92. The van der Waals surface area contributed by atoms with Crippen molar-refractivity contribution in [3.05, 3.63) is 59.7 Å². The molecule has 0 saturated carbocycles. The normalized spacial score (nSPS) is 16.0. The summed E-state index contributed by atoms with van der Waals surface area (Å²) >= 11 is 0. The van der Waals surface area contributed by atoms with Gasteiger partial charge in [-0.2, -0.15) is 0 Å². The molecule has 2 aromatic rings. The Morgan fingerprint density at radius 3 is 2.76 bits per heavy atom. The van der Waals surface area contributed by atoms with Crippen LogP contribution < -0.4 is 14.8 Å². The number of nitrogens with one attached hydrogen (secondary N) is 1. The number of carbonyl (C=O) groups is 1. The van der Waals surface area contributed by atoms with Gasteiger partial charge in [0.05, 0.1) is 13.7 Å². The van der Waals surface area contributed by atoms with E-state index in [0.717, 1.165) is 17.1 Å². The first-order valence-electron chi connectivity index (χ1n) is 6.92. The minimum Gasteiger partial charge on any atom is -0.497 e. The van der Waals surface area contributed by atoms with E-state index in [1.54, 1.807) is 31.4 Å². The van der Waals surface area contributed by atoms with Crippen LogP contribution in [0.25, 0.3) is 0 Å². The number of rotatable bonds is 4. The highest BCUT2D eigenvalue weighted by molar-refractivity contribution is 5.94. The van der Waals surface area contributed by atoms with Crippen LogP contribution in [0.15, 0.2) is 48.5 Å². The van der Waals surface area contributed by atoms with Gasteiger partial charge < -0.3 is 14.8 Å². The van der Waals surface area contributed by atoms with E-state index in [4.69, 9.17) is 9.47 Å². The van der Waals surface area contributed by atoms with Gasteiger partial charge in [-0.15, -0.1) is 0 Å². The number of amides is 1. The standard InChI is InChI=1S/C17H17NO3/c1-20-14-8-6-12(7-9-14)17(19)18-10-13-11-21-16-5-3-2-4-15(13)16/h2-9,13H,10-11H2,1H3,(H,18,19). The van der Waals surface area contributed by atoms with Gasteiger partial charge in [0.1, 0.15) is 11.5 Å². The molecule has 0 saturated heterocycles. The predicted octanol–water partition coefficient (Wildman–Crippen LogP) is 2.60. The van der Waals surface area contributed by atoms with Crippen molar-refractivity contribution in [1.82, 2.24) is 5.32 Å². The van der Waals surface area contributed by atoms with Crippen molar-refractivity contribution in [3.63, 3.8) is 0 Å². The van der Waals surface area contributed by atoms with Gasteiger partial charge in [-0.1, -0.05) is 18.2 Å². The molecule has 21 heavy (non-hydrogen) atoms. The summed E-state index contributed by atoms with van der Waals surface area (Å²) in [6, 6.07) is 15.0. The van der Waals surface area contributed by atoms with Crippen molar-refractivity contribution < 1.29 is 14.3 Å². The molecule has 1 unspecified atom stereocenters. The second kappa shape index (κ2) is 5.87. The summed E-state index contributed by atoms with van der Waals surface area (Å²) in [7, 11) is 1.60. The number of hydrogen-bond donors (Lipinski definition) is 1. The van der Waals surface area contributed by atoms with Gasteiger partial charge in [0.15, 0.2) is 0 Å². The third-order valence-electron chi connectivity index (χ3n) is 3.66. The maximum Gasteiger partial charge on any atom is 0.251 e. The van der Waals surface area contributed by atoms with Crippen LogP contribution in [0.1, 0.15) is 21.8 Å². The van der Waals surface area contributed by atoms with E-state index in [0.29, 0.717) is 18.7 Å². The molecular formula is C17H17NO3. The maximum absolute atomic E-state index is 12.1. The summed E-state index contributed by atoms with van der Waals surface area (Å²) in [6.07, 6.45) is 0. The summed E-state index contributed by atoms with van der Waals surface area (Å²) in [5.41, 5.74) is 1.79. The lowest BCUT2D eigenvalue weighted by molar-refractivity contribution is 0.0950. The average Bonchev–Trinajstić information content (AvgIpc) is 2.96. The highest BCUT2D eigenvalue weighted by Crippen LogP contribution is 2.32. The molecule has 1 heterocycles. The highest BCUT2D eigenvalue weighted by atomic mass is 16.5.